The molecule has 0 saturated heterocycles. The minimum Gasteiger partial charge on any atom is -0.299 e. The molecule has 92 valence electrons. The van der Waals surface area contributed by atoms with E-state index in [4.69, 9.17) is 0 Å². The third-order valence-electron chi connectivity index (χ3n) is 2.53. The van der Waals surface area contributed by atoms with Gasteiger partial charge in [0, 0.05) is 9.80 Å². The predicted octanol–water partition coefficient (Wildman–Crippen LogP) is 1.90. The third kappa shape index (κ3) is 3.45. The lowest BCUT2D eigenvalue weighted by Gasteiger charge is -2.18. The number of ketones is 2. The number of carbonyl (C=O) groups is 2. The topological polar surface area (TPSA) is 77.3 Å². The highest BCUT2D eigenvalue weighted by Crippen LogP contribution is 2.30. The van der Waals surface area contributed by atoms with Crippen molar-refractivity contribution in [2.45, 2.75) is 19.8 Å². The van der Waals surface area contributed by atoms with Gasteiger partial charge in [-0.15, -0.1) is 11.3 Å². The molecule has 0 aromatic carbocycles. The van der Waals surface area contributed by atoms with Crippen molar-refractivity contribution in [2.24, 2.45) is 5.92 Å². The zero-order chi connectivity index (χ0) is 13.0. The van der Waals surface area contributed by atoms with Crippen LogP contribution in [-0.2, 0) is 9.59 Å². The van der Waals surface area contributed by atoms with Crippen LogP contribution in [0.1, 0.15) is 24.6 Å². The second-order valence-electron chi connectivity index (χ2n) is 3.84. The van der Waals surface area contributed by atoms with Crippen LogP contribution in [0.5, 0.6) is 0 Å². The lowest BCUT2D eigenvalue weighted by Crippen LogP contribution is -2.30. The first-order valence-corrected chi connectivity index (χ1v) is 5.97. The van der Waals surface area contributed by atoms with Crippen LogP contribution in [0.4, 0.5) is 0 Å². The number of hydrogen-bond acceptors (Lipinski definition) is 5. The molecule has 0 N–H and O–H groups in total. The van der Waals surface area contributed by atoms with Gasteiger partial charge < -0.3 is 0 Å². The van der Waals surface area contributed by atoms with E-state index in [0.29, 0.717) is 4.88 Å². The second kappa shape index (κ2) is 5.67. The Morgan fingerprint density at radius 2 is 2.00 bits per heavy atom. The van der Waals surface area contributed by atoms with Gasteiger partial charge in [0.1, 0.15) is 11.6 Å². The molecule has 0 aliphatic heterocycles. The molecule has 0 fully saturated rings. The first-order valence-electron chi connectivity index (χ1n) is 5.09. The molecule has 0 radical (unpaired) electrons. The zero-order valence-electron chi connectivity index (χ0n) is 9.58. The molecule has 0 aliphatic carbocycles. The fourth-order valence-corrected chi connectivity index (χ4v) is 2.73. The van der Waals surface area contributed by atoms with E-state index in [0.717, 1.165) is 0 Å². The molecule has 1 aromatic rings. The summed E-state index contributed by atoms with van der Waals surface area (Å²) in [4.78, 5) is 33.8. The molecule has 0 saturated carbocycles. The Bertz CT molecular complexity index is 413. The Hall–Kier alpha value is -1.56. The molecule has 1 aromatic heterocycles. The van der Waals surface area contributed by atoms with Crippen molar-refractivity contribution < 1.29 is 14.5 Å². The second-order valence-corrected chi connectivity index (χ2v) is 4.82. The van der Waals surface area contributed by atoms with Crippen LogP contribution in [0.15, 0.2) is 17.5 Å². The van der Waals surface area contributed by atoms with Crippen molar-refractivity contribution in [1.82, 2.24) is 0 Å². The van der Waals surface area contributed by atoms with Crippen molar-refractivity contribution in [1.29, 1.82) is 0 Å². The maximum Gasteiger partial charge on any atom is 0.212 e. The number of nitro groups is 1. The van der Waals surface area contributed by atoms with Gasteiger partial charge >= 0.3 is 0 Å². The number of hydrogen-bond donors (Lipinski definition) is 0. The molecule has 1 atom stereocenters. The Labute approximate surface area is 103 Å². The summed E-state index contributed by atoms with van der Waals surface area (Å²) in [6, 6.07) is 3.47. The fraction of sp³-hybridized carbons (Fsp3) is 0.455. The molecule has 0 spiro atoms. The van der Waals surface area contributed by atoms with Crippen LogP contribution >= 0.6 is 11.3 Å². The highest BCUT2D eigenvalue weighted by molar-refractivity contribution is 7.10. The molecule has 0 bridgehead atoms. The highest BCUT2D eigenvalue weighted by Gasteiger charge is 2.35. The summed E-state index contributed by atoms with van der Waals surface area (Å²) in [5.74, 6) is -2.21. The van der Waals surface area contributed by atoms with E-state index < -0.39 is 23.3 Å². The van der Waals surface area contributed by atoms with Gasteiger partial charge in [-0.2, -0.15) is 0 Å². The Morgan fingerprint density at radius 1 is 1.41 bits per heavy atom. The number of nitrogens with zero attached hydrogens (tertiary/aromatic N) is 1. The number of Topliss-reactive ketones (excluding diaryl/α,β-unsaturated/α-hetero) is 2. The molecule has 0 aliphatic rings. The van der Waals surface area contributed by atoms with E-state index in [1.807, 2.05) is 0 Å². The van der Waals surface area contributed by atoms with Crippen molar-refractivity contribution in [3.8, 4) is 0 Å². The molecule has 6 heteroatoms. The van der Waals surface area contributed by atoms with Crippen LogP contribution in [0.2, 0.25) is 0 Å². The summed E-state index contributed by atoms with van der Waals surface area (Å²) in [7, 11) is 0. The van der Waals surface area contributed by atoms with E-state index >= 15 is 0 Å². The van der Waals surface area contributed by atoms with Crippen LogP contribution in [0.3, 0.4) is 0 Å². The Kier molecular flexibility index (Phi) is 4.51. The summed E-state index contributed by atoms with van der Waals surface area (Å²) in [6.07, 6.45) is 0. The molecule has 5 nitrogen and oxygen atoms in total. The van der Waals surface area contributed by atoms with Gasteiger partial charge in [0.25, 0.3) is 0 Å². The quantitative estimate of drug-likeness (QED) is 0.442. The number of carbonyl (C=O) groups excluding carboxylic acids is 2. The molecule has 17 heavy (non-hydrogen) atoms. The van der Waals surface area contributed by atoms with Crippen LogP contribution in [0, 0.1) is 16.0 Å². The van der Waals surface area contributed by atoms with Crippen molar-refractivity contribution in [2.75, 3.05) is 6.54 Å². The van der Waals surface area contributed by atoms with Gasteiger partial charge in [-0.25, -0.2) is 0 Å². The maximum atomic E-state index is 11.5. The minimum absolute atomic E-state index is 0.322. The van der Waals surface area contributed by atoms with Crippen molar-refractivity contribution in [3.05, 3.63) is 32.5 Å². The van der Waals surface area contributed by atoms with Crippen molar-refractivity contribution >= 4 is 22.9 Å². The average molecular weight is 255 g/mol. The molecule has 0 amide bonds. The van der Waals surface area contributed by atoms with Gasteiger partial charge in [-0.3, -0.25) is 19.7 Å². The smallest absolute Gasteiger partial charge is 0.212 e. The molecule has 1 rings (SSSR count). The van der Waals surface area contributed by atoms with E-state index in [2.05, 4.69) is 0 Å². The lowest BCUT2D eigenvalue weighted by molar-refractivity contribution is -0.484. The fourth-order valence-electron chi connectivity index (χ4n) is 1.88. The summed E-state index contributed by atoms with van der Waals surface area (Å²) in [6.45, 7) is 2.20. The van der Waals surface area contributed by atoms with E-state index in [1.54, 1.807) is 17.5 Å². The first kappa shape index (κ1) is 13.5. The third-order valence-corrected chi connectivity index (χ3v) is 3.54. The molecule has 1 heterocycles. The predicted molar refractivity (Wildman–Crippen MR) is 63.8 cm³/mol. The van der Waals surface area contributed by atoms with E-state index in [9.17, 15) is 19.7 Å². The van der Waals surface area contributed by atoms with Gasteiger partial charge in [-0.1, -0.05) is 6.07 Å². The molecular formula is C11H13NO4S. The van der Waals surface area contributed by atoms with E-state index in [1.165, 1.54) is 25.2 Å². The molecule has 1 unspecified atom stereocenters. The van der Waals surface area contributed by atoms with E-state index in [-0.39, 0.29) is 11.6 Å². The summed E-state index contributed by atoms with van der Waals surface area (Å²) >= 11 is 1.33. The Morgan fingerprint density at radius 3 is 2.35 bits per heavy atom. The Balaban J connectivity index is 3.08. The van der Waals surface area contributed by atoms with Gasteiger partial charge in [0.15, 0.2) is 0 Å². The molecular weight excluding hydrogens is 242 g/mol. The minimum atomic E-state index is -0.918. The zero-order valence-corrected chi connectivity index (χ0v) is 10.4. The van der Waals surface area contributed by atoms with Gasteiger partial charge in [-0.05, 0) is 25.3 Å². The standard InChI is InChI=1S/C11H13NO4S/c1-7(13)11(8(2)14)9(6-12(15)16)10-4-3-5-17-10/h3-5,9,11H,6H2,1-2H3. The summed E-state index contributed by atoms with van der Waals surface area (Å²) < 4.78 is 0. The summed E-state index contributed by atoms with van der Waals surface area (Å²) in [5.41, 5.74) is 0. The first-order chi connectivity index (χ1) is 7.93. The normalized spacial score (nSPS) is 12.4. The highest BCUT2D eigenvalue weighted by atomic mass is 32.1. The lowest BCUT2D eigenvalue weighted by atomic mass is 9.85. The van der Waals surface area contributed by atoms with Gasteiger partial charge in [0.2, 0.25) is 6.54 Å². The van der Waals surface area contributed by atoms with Crippen LogP contribution < -0.4 is 0 Å². The van der Waals surface area contributed by atoms with Crippen LogP contribution in [0.25, 0.3) is 0 Å². The maximum absolute atomic E-state index is 11.5. The van der Waals surface area contributed by atoms with Gasteiger partial charge in [0.05, 0.1) is 11.8 Å². The number of thiophene rings is 1. The van der Waals surface area contributed by atoms with Crippen molar-refractivity contribution in [3.63, 3.8) is 0 Å². The average Bonchev–Trinajstić information content (AvgIpc) is 2.66. The largest absolute Gasteiger partial charge is 0.299 e. The number of rotatable bonds is 6. The van der Waals surface area contributed by atoms with Crippen LogP contribution in [-0.4, -0.2) is 23.0 Å². The SMILES string of the molecule is CC(=O)C(C(C)=O)C(C[N+](=O)[O-])c1cccs1. The summed E-state index contributed by atoms with van der Waals surface area (Å²) in [5, 5.41) is 12.4. The monoisotopic (exact) mass is 255 g/mol.